The number of hydrogen-bond acceptors (Lipinski definition) is 4. The molecule has 1 heterocycles. The minimum atomic E-state index is -0.780. The van der Waals surface area contributed by atoms with E-state index in [0.717, 1.165) is 15.8 Å². The predicted molar refractivity (Wildman–Crippen MR) is 118 cm³/mol. The molecule has 1 atom stereocenters. The molecule has 1 aliphatic heterocycles. The van der Waals surface area contributed by atoms with Crippen molar-refractivity contribution in [3.63, 3.8) is 0 Å². The summed E-state index contributed by atoms with van der Waals surface area (Å²) >= 11 is 6.77. The highest BCUT2D eigenvalue weighted by atomic mass is 79.9. The van der Waals surface area contributed by atoms with Crippen LogP contribution in [0.4, 0.5) is 10.5 Å². The van der Waals surface area contributed by atoms with E-state index in [0.29, 0.717) is 21.5 Å². The van der Waals surface area contributed by atoms with E-state index in [1.165, 1.54) is 6.08 Å². The van der Waals surface area contributed by atoms with Gasteiger partial charge in [-0.1, -0.05) is 28.9 Å². The van der Waals surface area contributed by atoms with Crippen LogP contribution in [0.15, 0.2) is 57.0 Å². The third kappa shape index (κ3) is 4.76. The van der Waals surface area contributed by atoms with Gasteiger partial charge in [0.1, 0.15) is 11.3 Å². The van der Waals surface area contributed by atoms with E-state index in [4.69, 9.17) is 4.74 Å². The number of anilines is 1. The topological polar surface area (TPSA) is 75.7 Å². The summed E-state index contributed by atoms with van der Waals surface area (Å²) in [5.74, 6) is -0.742. The van der Waals surface area contributed by atoms with Gasteiger partial charge in [0.05, 0.1) is 16.3 Å². The Morgan fingerprint density at radius 1 is 1.10 bits per heavy atom. The maximum Gasteiger partial charge on any atom is 0.335 e. The monoisotopic (exact) mass is 520 g/mol. The molecule has 0 aliphatic carbocycles. The van der Waals surface area contributed by atoms with Crippen molar-refractivity contribution in [2.75, 3.05) is 4.90 Å². The van der Waals surface area contributed by atoms with E-state index in [1.54, 1.807) is 42.5 Å². The first-order chi connectivity index (χ1) is 13.8. The predicted octanol–water partition coefficient (Wildman–Crippen LogP) is 5.06. The Hall–Kier alpha value is -2.45. The smallest absolute Gasteiger partial charge is 0.335 e. The van der Waals surface area contributed by atoms with Gasteiger partial charge in [-0.3, -0.25) is 14.9 Å². The number of amides is 4. The third-order valence-electron chi connectivity index (χ3n) is 4.36. The fourth-order valence-corrected chi connectivity index (χ4v) is 3.41. The van der Waals surface area contributed by atoms with Gasteiger partial charge < -0.3 is 4.74 Å². The first kappa shape index (κ1) is 21.3. The summed E-state index contributed by atoms with van der Waals surface area (Å²) in [7, 11) is 0. The fraction of sp³-hybridized carbons (Fsp3) is 0.190. The third-order valence-corrected chi connectivity index (χ3v) is 5.50. The zero-order valence-electron chi connectivity index (χ0n) is 15.7. The molecule has 1 saturated heterocycles. The molecule has 1 aliphatic rings. The Morgan fingerprint density at radius 3 is 2.41 bits per heavy atom. The first-order valence-corrected chi connectivity index (χ1v) is 10.5. The Morgan fingerprint density at radius 2 is 1.79 bits per heavy atom. The van der Waals surface area contributed by atoms with Gasteiger partial charge in [0.2, 0.25) is 0 Å². The Balaban J connectivity index is 1.92. The van der Waals surface area contributed by atoms with Crippen LogP contribution < -0.4 is 15.0 Å². The maximum absolute atomic E-state index is 12.9. The molecule has 0 aromatic heterocycles. The summed E-state index contributed by atoms with van der Waals surface area (Å²) in [5, 5.41) is 2.21. The normalized spacial score (nSPS) is 16.8. The molecule has 2 aromatic carbocycles. The van der Waals surface area contributed by atoms with Crippen LogP contribution in [0.25, 0.3) is 6.08 Å². The molecule has 4 amide bonds. The fourth-order valence-electron chi connectivity index (χ4n) is 2.65. The van der Waals surface area contributed by atoms with E-state index < -0.39 is 17.8 Å². The largest absolute Gasteiger partial charge is 0.490 e. The van der Waals surface area contributed by atoms with Crippen LogP contribution in [0.5, 0.6) is 5.75 Å². The number of halogens is 2. The van der Waals surface area contributed by atoms with E-state index in [9.17, 15) is 14.4 Å². The number of nitrogens with zero attached hydrogens (tertiary/aromatic N) is 1. The van der Waals surface area contributed by atoms with Crippen molar-refractivity contribution >= 4 is 61.5 Å². The molecule has 150 valence electrons. The molecule has 2 aromatic rings. The number of rotatable bonds is 5. The highest BCUT2D eigenvalue weighted by molar-refractivity contribution is 9.10. The lowest BCUT2D eigenvalue weighted by Gasteiger charge is -2.26. The second-order valence-electron chi connectivity index (χ2n) is 6.46. The molecule has 1 N–H and O–H groups in total. The Kier molecular flexibility index (Phi) is 6.54. The van der Waals surface area contributed by atoms with Gasteiger partial charge in [0.15, 0.2) is 0 Å². The number of benzene rings is 2. The van der Waals surface area contributed by atoms with E-state index >= 15 is 0 Å². The van der Waals surface area contributed by atoms with E-state index in [1.807, 2.05) is 13.8 Å². The van der Waals surface area contributed by atoms with Crippen LogP contribution in [-0.4, -0.2) is 23.9 Å². The van der Waals surface area contributed by atoms with Gasteiger partial charge in [-0.2, -0.15) is 0 Å². The van der Waals surface area contributed by atoms with Gasteiger partial charge in [0, 0.05) is 4.47 Å². The van der Waals surface area contributed by atoms with Crippen molar-refractivity contribution in [2.45, 2.75) is 26.4 Å². The summed E-state index contributed by atoms with van der Waals surface area (Å²) < 4.78 is 7.32. The average Bonchev–Trinajstić information content (AvgIpc) is 2.68. The Labute approximate surface area is 185 Å². The summed E-state index contributed by atoms with van der Waals surface area (Å²) in [5.41, 5.74) is 0.861. The zero-order valence-corrected chi connectivity index (χ0v) is 18.9. The van der Waals surface area contributed by atoms with E-state index in [2.05, 4.69) is 37.2 Å². The van der Waals surface area contributed by atoms with Crippen LogP contribution >= 0.6 is 31.9 Å². The number of hydrogen-bond donors (Lipinski definition) is 1. The molecule has 0 spiro atoms. The number of nitrogens with one attached hydrogen (secondary N) is 1. The van der Waals surface area contributed by atoms with Gasteiger partial charge >= 0.3 is 6.03 Å². The van der Waals surface area contributed by atoms with Crippen molar-refractivity contribution < 1.29 is 19.1 Å². The summed E-state index contributed by atoms with van der Waals surface area (Å²) in [6.07, 6.45) is 2.38. The first-order valence-electron chi connectivity index (χ1n) is 8.93. The molecule has 1 fully saturated rings. The van der Waals surface area contributed by atoms with E-state index in [-0.39, 0.29) is 11.7 Å². The average molecular weight is 522 g/mol. The number of imide groups is 2. The molecule has 0 saturated carbocycles. The molecule has 29 heavy (non-hydrogen) atoms. The number of urea groups is 1. The van der Waals surface area contributed by atoms with Crippen molar-refractivity contribution in [3.8, 4) is 5.75 Å². The second-order valence-corrected chi connectivity index (χ2v) is 8.23. The van der Waals surface area contributed by atoms with Crippen molar-refractivity contribution in [1.82, 2.24) is 5.32 Å². The number of carbonyl (C=O) groups is 3. The zero-order chi connectivity index (χ0) is 21.1. The molecule has 6 nitrogen and oxygen atoms in total. The highest BCUT2D eigenvalue weighted by Gasteiger charge is 2.36. The van der Waals surface area contributed by atoms with Crippen molar-refractivity contribution in [2.24, 2.45) is 0 Å². The second kappa shape index (κ2) is 8.92. The molecule has 3 rings (SSSR count). The standard InChI is InChI=1S/C21H18Br2N2O4/c1-3-12(2)29-18-9-4-13(11-17(18)23)10-16-19(26)24-21(28)25(20(16)27)15-7-5-14(22)6-8-15/h4-12H,3H2,1-2H3,(H,24,26,28)/b16-10+/t12-/m1/s1. The summed E-state index contributed by atoms with van der Waals surface area (Å²) in [4.78, 5) is 38.4. The van der Waals surface area contributed by atoms with Gasteiger partial charge in [-0.15, -0.1) is 0 Å². The molecular weight excluding hydrogens is 504 g/mol. The lowest BCUT2D eigenvalue weighted by molar-refractivity contribution is -0.122. The lowest BCUT2D eigenvalue weighted by Crippen LogP contribution is -2.54. The number of ether oxygens (including phenoxy) is 1. The lowest BCUT2D eigenvalue weighted by atomic mass is 10.1. The summed E-state index contributed by atoms with van der Waals surface area (Å²) in [6, 6.07) is 11.1. The quantitative estimate of drug-likeness (QED) is 0.441. The van der Waals surface area contributed by atoms with Crippen LogP contribution in [0.2, 0.25) is 0 Å². The number of barbiturate groups is 1. The van der Waals surface area contributed by atoms with Crippen LogP contribution in [0.1, 0.15) is 25.8 Å². The highest BCUT2D eigenvalue weighted by Crippen LogP contribution is 2.29. The van der Waals surface area contributed by atoms with Crippen molar-refractivity contribution in [1.29, 1.82) is 0 Å². The summed E-state index contributed by atoms with van der Waals surface area (Å²) in [6.45, 7) is 4.00. The number of carbonyl (C=O) groups excluding carboxylic acids is 3. The van der Waals surface area contributed by atoms with Crippen LogP contribution in [0, 0.1) is 0 Å². The van der Waals surface area contributed by atoms with Gasteiger partial charge in [-0.25, -0.2) is 9.69 Å². The van der Waals surface area contributed by atoms with Crippen LogP contribution in [0.3, 0.4) is 0 Å². The molecule has 0 unspecified atom stereocenters. The van der Waals surface area contributed by atoms with Crippen molar-refractivity contribution in [3.05, 3.63) is 62.5 Å². The molecule has 0 bridgehead atoms. The van der Waals surface area contributed by atoms with Crippen LogP contribution in [-0.2, 0) is 9.59 Å². The molecule has 0 radical (unpaired) electrons. The maximum atomic E-state index is 12.9. The minimum absolute atomic E-state index is 0.0617. The van der Waals surface area contributed by atoms with Gasteiger partial charge in [0.25, 0.3) is 11.8 Å². The van der Waals surface area contributed by atoms with Gasteiger partial charge in [-0.05, 0) is 77.3 Å². The molecule has 8 heteroatoms. The SMILES string of the molecule is CC[C@@H](C)Oc1ccc(/C=C2\C(=O)NC(=O)N(c3ccc(Br)cc3)C2=O)cc1Br. The minimum Gasteiger partial charge on any atom is -0.490 e. The molecular formula is C21H18Br2N2O4. The Bertz CT molecular complexity index is 1000.